The van der Waals surface area contributed by atoms with Crippen LogP contribution in [-0.2, 0) is 5.41 Å². The lowest BCUT2D eigenvalue weighted by atomic mass is 9.81. The predicted molar refractivity (Wildman–Crippen MR) is 86.8 cm³/mol. The Morgan fingerprint density at radius 3 is 2.88 bits per heavy atom. The molecule has 8 heteroatoms. The molecular weight excluding hydrogens is 328 g/mol. The van der Waals surface area contributed by atoms with Crippen molar-refractivity contribution in [2.24, 2.45) is 0 Å². The highest BCUT2D eigenvalue weighted by Gasteiger charge is 2.47. The number of hydrogen-bond donors (Lipinski definition) is 1. The molecular formula is C16H14N4O3S. The molecule has 0 unspecified atom stereocenters. The average molecular weight is 342 g/mol. The van der Waals surface area contributed by atoms with E-state index in [1.54, 1.807) is 22.5 Å². The number of likely N-dealkylation sites (tertiary alicyclic amines) is 1. The third kappa shape index (κ3) is 2.44. The Bertz CT molecular complexity index is 884. The molecule has 122 valence electrons. The van der Waals surface area contributed by atoms with Gasteiger partial charge in [-0.05, 0) is 19.1 Å². The van der Waals surface area contributed by atoms with E-state index in [4.69, 9.17) is 4.42 Å². The van der Waals surface area contributed by atoms with Crippen LogP contribution in [0.15, 0.2) is 40.3 Å². The molecule has 0 aromatic carbocycles. The van der Waals surface area contributed by atoms with Crippen LogP contribution in [0.1, 0.15) is 22.5 Å². The molecule has 1 fully saturated rings. The van der Waals surface area contributed by atoms with Gasteiger partial charge in [0.15, 0.2) is 0 Å². The topological polar surface area (TPSA) is 92.4 Å². The monoisotopic (exact) mass is 342 g/mol. The van der Waals surface area contributed by atoms with Crippen LogP contribution in [0.25, 0.3) is 11.6 Å². The Hall–Kier alpha value is -2.74. The second-order valence-corrected chi connectivity index (χ2v) is 6.93. The molecule has 7 nitrogen and oxygen atoms in total. The first kappa shape index (κ1) is 14.8. The molecule has 1 N–H and O–H groups in total. The maximum Gasteiger partial charge on any atom is 0.266 e. The molecule has 1 aliphatic heterocycles. The number of thiophene rings is 1. The Morgan fingerprint density at radius 2 is 2.21 bits per heavy atom. The number of nitrogens with zero attached hydrogens (tertiary/aromatic N) is 4. The van der Waals surface area contributed by atoms with Crippen LogP contribution in [0, 0.1) is 0 Å². The highest BCUT2D eigenvalue weighted by Crippen LogP contribution is 2.36. The minimum atomic E-state index is -0.366. The van der Waals surface area contributed by atoms with E-state index in [1.165, 1.54) is 17.4 Å². The van der Waals surface area contributed by atoms with Gasteiger partial charge >= 0.3 is 0 Å². The molecule has 0 bridgehead atoms. The standard InChI is InChI=1S/C16H14N4O3S/c1-16(8-20(9-16)14(22)12-6-10(21)7-24-12)15-19-18-13(23-15)11-4-2-3-5-17-11/h2-7,21H,8-9H2,1H3. The van der Waals surface area contributed by atoms with Crippen molar-refractivity contribution in [3.8, 4) is 17.3 Å². The zero-order valence-corrected chi connectivity index (χ0v) is 13.7. The van der Waals surface area contributed by atoms with E-state index in [0.717, 1.165) is 0 Å². The highest BCUT2D eigenvalue weighted by molar-refractivity contribution is 7.12. The SMILES string of the molecule is CC1(c2nnc(-c3ccccn3)o2)CN(C(=O)c2cc(O)cs2)C1. The minimum absolute atomic E-state index is 0.0951. The zero-order valence-electron chi connectivity index (χ0n) is 12.8. The van der Waals surface area contributed by atoms with E-state index in [-0.39, 0.29) is 17.1 Å². The fourth-order valence-corrected chi connectivity index (χ4v) is 3.46. The summed E-state index contributed by atoms with van der Waals surface area (Å²) in [6, 6.07) is 6.96. The number of aromatic nitrogens is 3. The number of carbonyl (C=O) groups excluding carboxylic acids is 1. The molecule has 0 atom stereocenters. The van der Waals surface area contributed by atoms with E-state index in [2.05, 4.69) is 15.2 Å². The Kier molecular flexibility index (Phi) is 3.34. The summed E-state index contributed by atoms with van der Waals surface area (Å²) >= 11 is 1.23. The average Bonchev–Trinajstić information content (AvgIpc) is 3.21. The Labute approximate surface area is 141 Å². The quantitative estimate of drug-likeness (QED) is 0.785. The summed E-state index contributed by atoms with van der Waals surface area (Å²) in [4.78, 5) is 18.8. The minimum Gasteiger partial charge on any atom is -0.507 e. The molecule has 3 aromatic rings. The molecule has 1 aliphatic rings. The summed E-state index contributed by atoms with van der Waals surface area (Å²) < 4.78 is 5.75. The lowest BCUT2D eigenvalue weighted by Gasteiger charge is -2.45. The van der Waals surface area contributed by atoms with Crippen molar-refractivity contribution >= 4 is 17.2 Å². The number of aromatic hydroxyl groups is 1. The molecule has 0 aliphatic carbocycles. The summed E-state index contributed by atoms with van der Waals surface area (Å²) in [5.41, 5.74) is 0.260. The van der Waals surface area contributed by atoms with Gasteiger partial charge in [0.05, 0.1) is 10.3 Å². The number of rotatable bonds is 3. The van der Waals surface area contributed by atoms with E-state index in [9.17, 15) is 9.90 Å². The summed E-state index contributed by atoms with van der Waals surface area (Å²) in [5, 5.41) is 19.1. The zero-order chi connectivity index (χ0) is 16.7. The molecule has 1 amide bonds. The van der Waals surface area contributed by atoms with Crippen LogP contribution in [0.3, 0.4) is 0 Å². The summed E-state index contributed by atoms with van der Waals surface area (Å²) in [7, 11) is 0. The van der Waals surface area contributed by atoms with Gasteiger partial charge < -0.3 is 14.4 Å². The first-order chi connectivity index (χ1) is 11.5. The smallest absolute Gasteiger partial charge is 0.266 e. The second kappa shape index (κ2) is 5.41. The van der Waals surface area contributed by atoms with Gasteiger partial charge in [0.2, 0.25) is 5.89 Å². The molecule has 4 heterocycles. The molecule has 1 saturated heterocycles. The van der Waals surface area contributed by atoms with Crippen LogP contribution in [0.4, 0.5) is 0 Å². The lowest BCUT2D eigenvalue weighted by Crippen LogP contribution is -2.59. The van der Waals surface area contributed by atoms with Crippen LogP contribution < -0.4 is 0 Å². The number of amides is 1. The summed E-state index contributed by atoms with van der Waals surface area (Å²) in [5.74, 6) is 0.895. The Morgan fingerprint density at radius 1 is 1.38 bits per heavy atom. The summed E-state index contributed by atoms with van der Waals surface area (Å²) in [6.07, 6.45) is 1.67. The molecule has 0 radical (unpaired) electrons. The van der Waals surface area contributed by atoms with Crippen molar-refractivity contribution in [1.29, 1.82) is 0 Å². The van der Waals surface area contributed by atoms with Crippen molar-refractivity contribution in [1.82, 2.24) is 20.1 Å². The first-order valence-electron chi connectivity index (χ1n) is 7.37. The van der Waals surface area contributed by atoms with Crippen LogP contribution in [0.5, 0.6) is 5.75 Å². The van der Waals surface area contributed by atoms with Gasteiger partial charge in [-0.3, -0.25) is 9.78 Å². The van der Waals surface area contributed by atoms with Gasteiger partial charge in [0, 0.05) is 30.7 Å². The number of hydrogen-bond acceptors (Lipinski definition) is 7. The van der Waals surface area contributed by atoms with E-state index in [0.29, 0.717) is 35.4 Å². The van der Waals surface area contributed by atoms with Crippen molar-refractivity contribution in [3.63, 3.8) is 0 Å². The van der Waals surface area contributed by atoms with E-state index < -0.39 is 0 Å². The van der Waals surface area contributed by atoms with Crippen molar-refractivity contribution in [2.45, 2.75) is 12.3 Å². The van der Waals surface area contributed by atoms with Gasteiger partial charge in [-0.1, -0.05) is 6.07 Å². The fourth-order valence-electron chi connectivity index (χ4n) is 2.73. The fraction of sp³-hybridized carbons (Fsp3) is 0.250. The van der Waals surface area contributed by atoms with Gasteiger partial charge in [-0.15, -0.1) is 21.5 Å². The van der Waals surface area contributed by atoms with Crippen LogP contribution >= 0.6 is 11.3 Å². The van der Waals surface area contributed by atoms with Gasteiger partial charge in [0.1, 0.15) is 11.4 Å². The third-order valence-electron chi connectivity index (χ3n) is 3.99. The first-order valence-corrected chi connectivity index (χ1v) is 8.25. The molecule has 4 rings (SSSR count). The third-order valence-corrected chi connectivity index (χ3v) is 4.89. The molecule has 3 aromatic heterocycles. The van der Waals surface area contributed by atoms with Gasteiger partial charge in [0.25, 0.3) is 11.8 Å². The molecule has 24 heavy (non-hydrogen) atoms. The maximum absolute atomic E-state index is 12.3. The summed E-state index contributed by atoms with van der Waals surface area (Å²) in [6.45, 7) is 2.97. The van der Waals surface area contributed by atoms with Crippen molar-refractivity contribution in [2.75, 3.05) is 13.1 Å². The Balaban J connectivity index is 1.49. The maximum atomic E-state index is 12.3. The van der Waals surface area contributed by atoms with Crippen LogP contribution in [-0.4, -0.2) is 44.2 Å². The van der Waals surface area contributed by atoms with Crippen molar-refractivity contribution in [3.05, 3.63) is 46.6 Å². The second-order valence-electron chi connectivity index (χ2n) is 6.02. The number of pyridine rings is 1. The number of carbonyl (C=O) groups is 1. The normalized spacial score (nSPS) is 16.0. The molecule has 0 saturated carbocycles. The van der Waals surface area contributed by atoms with E-state index >= 15 is 0 Å². The molecule has 0 spiro atoms. The lowest BCUT2D eigenvalue weighted by molar-refractivity contribution is 0.0371. The van der Waals surface area contributed by atoms with E-state index in [1.807, 2.05) is 19.1 Å². The highest BCUT2D eigenvalue weighted by atomic mass is 32.1. The van der Waals surface area contributed by atoms with Crippen LogP contribution in [0.2, 0.25) is 0 Å². The van der Waals surface area contributed by atoms with Gasteiger partial charge in [-0.2, -0.15) is 0 Å². The van der Waals surface area contributed by atoms with Gasteiger partial charge in [-0.25, -0.2) is 0 Å². The largest absolute Gasteiger partial charge is 0.507 e. The predicted octanol–water partition coefficient (Wildman–Crippen LogP) is 2.31. The van der Waals surface area contributed by atoms with Crippen molar-refractivity contribution < 1.29 is 14.3 Å².